The summed E-state index contributed by atoms with van der Waals surface area (Å²) in [5.74, 6) is 0. The molecule has 0 unspecified atom stereocenters. The Morgan fingerprint density at radius 3 is 2.30 bits per heavy atom. The fourth-order valence-corrected chi connectivity index (χ4v) is 1.76. The zero-order chi connectivity index (χ0) is 14.2. The minimum atomic E-state index is -0.433. The van der Waals surface area contributed by atoms with Crippen molar-refractivity contribution in [2.45, 2.75) is 0 Å². The van der Waals surface area contributed by atoms with E-state index in [0.29, 0.717) is 13.2 Å². The molecule has 0 heterocycles. The number of hydrogen-bond donors (Lipinski definition) is 1. The van der Waals surface area contributed by atoms with E-state index in [1.165, 1.54) is 0 Å². The van der Waals surface area contributed by atoms with Gasteiger partial charge in [-0.05, 0) is 24.3 Å². The van der Waals surface area contributed by atoms with Crippen molar-refractivity contribution in [1.29, 1.82) is 0 Å². The van der Waals surface area contributed by atoms with E-state index in [1.54, 1.807) is 0 Å². The number of benzene rings is 2. The number of hydrogen-bond acceptors (Lipinski definition) is 3. The average molecular weight is 270 g/mol. The van der Waals surface area contributed by atoms with Gasteiger partial charge >= 0.3 is 6.09 Å². The van der Waals surface area contributed by atoms with Crippen LogP contribution in [0.3, 0.4) is 0 Å². The first-order valence-electron chi connectivity index (χ1n) is 6.51. The number of anilines is 2. The molecule has 20 heavy (non-hydrogen) atoms. The Morgan fingerprint density at radius 1 is 1.05 bits per heavy atom. The lowest BCUT2D eigenvalue weighted by atomic mass is 10.3. The maximum Gasteiger partial charge on any atom is 0.411 e. The largest absolute Gasteiger partial charge is 0.447 e. The number of likely N-dealkylation sites (N-methyl/N-ethyl adjacent to an activating group) is 1. The highest BCUT2D eigenvalue weighted by molar-refractivity contribution is 5.84. The molecule has 0 saturated carbocycles. The number of ether oxygens (including phenoxy) is 1. The fraction of sp³-hybridized carbons (Fsp3) is 0.188. The van der Waals surface area contributed by atoms with Gasteiger partial charge in [-0.3, -0.25) is 5.32 Å². The van der Waals surface area contributed by atoms with Crippen molar-refractivity contribution in [3.63, 3.8) is 0 Å². The van der Waals surface area contributed by atoms with Gasteiger partial charge in [-0.1, -0.05) is 36.4 Å². The minimum absolute atomic E-state index is 0.337. The maximum absolute atomic E-state index is 11.6. The lowest BCUT2D eigenvalue weighted by Crippen LogP contribution is -2.25. The summed E-state index contributed by atoms with van der Waals surface area (Å²) < 4.78 is 5.15. The zero-order valence-electron chi connectivity index (χ0n) is 11.5. The molecule has 0 bridgehead atoms. The van der Waals surface area contributed by atoms with Gasteiger partial charge in [0.25, 0.3) is 0 Å². The van der Waals surface area contributed by atoms with E-state index in [-0.39, 0.29) is 0 Å². The van der Waals surface area contributed by atoms with Crippen LogP contribution in [0.25, 0.3) is 0 Å². The fourth-order valence-electron chi connectivity index (χ4n) is 1.76. The minimum Gasteiger partial charge on any atom is -0.447 e. The molecule has 1 N–H and O–H groups in total. The molecular formula is C16H18N2O2. The molecule has 0 aromatic heterocycles. The van der Waals surface area contributed by atoms with Gasteiger partial charge in [0, 0.05) is 18.4 Å². The lowest BCUT2D eigenvalue weighted by molar-refractivity contribution is 0.164. The van der Waals surface area contributed by atoms with Gasteiger partial charge in [-0.25, -0.2) is 4.79 Å². The van der Waals surface area contributed by atoms with E-state index in [4.69, 9.17) is 4.74 Å². The van der Waals surface area contributed by atoms with E-state index < -0.39 is 6.09 Å². The maximum atomic E-state index is 11.6. The molecule has 2 aromatic rings. The van der Waals surface area contributed by atoms with Crippen molar-refractivity contribution in [3.8, 4) is 0 Å². The Hall–Kier alpha value is -2.49. The highest BCUT2D eigenvalue weighted by Gasteiger charge is 2.04. The van der Waals surface area contributed by atoms with Crippen LogP contribution in [-0.2, 0) is 4.74 Å². The molecule has 2 aromatic carbocycles. The Balaban J connectivity index is 1.72. The molecule has 2 rings (SSSR count). The highest BCUT2D eigenvalue weighted by Crippen LogP contribution is 2.10. The van der Waals surface area contributed by atoms with Crippen LogP contribution in [0.2, 0.25) is 0 Å². The summed E-state index contributed by atoms with van der Waals surface area (Å²) in [6, 6.07) is 19.2. The summed E-state index contributed by atoms with van der Waals surface area (Å²) >= 11 is 0. The van der Waals surface area contributed by atoms with Crippen molar-refractivity contribution in [1.82, 2.24) is 0 Å². The molecule has 4 heteroatoms. The normalized spacial score (nSPS) is 9.85. The van der Waals surface area contributed by atoms with Gasteiger partial charge in [0.15, 0.2) is 0 Å². The van der Waals surface area contributed by atoms with Gasteiger partial charge in [-0.15, -0.1) is 0 Å². The van der Waals surface area contributed by atoms with Crippen LogP contribution in [0.4, 0.5) is 16.2 Å². The third-order valence-corrected chi connectivity index (χ3v) is 2.88. The zero-order valence-corrected chi connectivity index (χ0v) is 11.5. The van der Waals surface area contributed by atoms with Crippen LogP contribution >= 0.6 is 0 Å². The third-order valence-electron chi connectivity index (χ3n) is 2.88. The second-order valence-electron chi connectivity index (χ2n) is 4.38. The van der Waals surface area contributed by atoms with Crippen LogP contribution in [0.1, 0.15) is 0 Å². The number of para-hydroxylation sites is 2. The van der Waals surface area contributed by atoms with Crippen molar-refractivity contribution in [2.24, 2.45) is 0 Å². The van der Waals surface area contributed by atoms with Crippen molar-refractivity contribution in [2.75, 3.05) is 30.4 Å². The Morgan fingerprint density at radius 2 is 1.65 bits per heavy atom. The molecule has 0 aliphatic heterocycles. The Kier molecular flexibility index (Phi) is 5.00. The first-order valence-corrected chi connectivity index (χ1v) is 6.51. The molecule has 0 saturated heterocycles. The van der Waals surface area contributed by atoms with Gasteiger partial charge in [0.1, 0.15) is 6.61 Å². The molecule has 0 spiro atoms. The number of nitrogens with one attached hydrogen (secondary N) is 1. The van der Waals surface area contributed by atoms with E-state index in [9.17, 15) is 4.79 Å². The molecule has 0 fully saturated rings. The van der Waals surface area contributed by atoms with E-state index >= 15 is 0 Å². The summed E-state index contributed by atoms with van der Waals surface area (Å²) in [4.78, 5) is 13.6. The SMILES string of the molecule is CN(CCOC(=O)Nc1ccccc1)c1ccccc1. The Bertz CT molecular complexity index is 529. The summed E-state index contributed by atoms with van der Waals surface area (Å²) in [7, 11) is 1.97. The lowest BCUT2D eigenvalue weighted by Gasteiger charge is -2.18. The topological polar surface area (TPSA) is 41.6 Å². The molecule has 4 nitrogen and oxygen atoms in total. The monoisotopic (exact) mass is 270 g/mol. The number of carbonyl (C=O) groups is 1. The van der Waals surface area contributed by atoms with Gasteiger partial charge < -0.3 is 9.64 Å². The smallest absolute Gasteiger partial charge is 0.411 e. The average Bonchev–Trinajstić information content (AvgIpc) is 2.49. The predicted octanol–water partition coefficient (Wildman–Crippen LogP) is 3.37. The molecule has 0 radical (unpaired) electrons. The predicted molar refractivity (Wildman–Crippen MR) is 81.1 cm³/mol. The number of rotatable bonds is 5. The van der Waals surface area contributed by atoms with Gasteiger partial charge in [-0.2, -0.15) is 0 Å². The number of nitrogens with zero attached hydrogens (tertiary/aromatic N) is 1. The van der Waals surface area contributed by atoms with Crippen LogP contribution < -0.4 is 10.2 Å². The van der Waals surface area contributed by atoms with Crippen molar-refractivity contribution < 1.29 is 9.53 Å². The van der Waals surface area contributed by atoms with Crippen LogP contribution in [0, 0.1) is 0 Å². The van der Waals surface area contributed by atoms with Crippen LogP contribution in [0.5, 0.6) is 0 Å². The van der Waals surface area contributed by atoms with Crippen molar-refractivity contribution in [3.05, 3.63) is 60.7 Å². The summed E-state index contributed by atoms with van der Waals surface area (Å²) in [6.45, 7) is 0.982. The van der Waals surface area contributed by atoms with E-state index in [0.717, 1.165) is 11.4 Å². The van der Waals surface area contributed by atoms with Crippen LogP contribution in [0.15, 0.2) is 60.7 Å². The summed E-state index contributed by atoms with van der Waals surface area (Å²) in [5.41, 5.74) is 1.83. The first-order chi connectivity index (χ1) is 9.75. The molecule has 0 aliphatic rings. The molecular weight excluding hydrogens is 252 g/mol. The molecule has 104 valence electrons. The van der Waals surface area contributed by atoms with E-state index in [2.05, 4.69) is 5.32 Å². The standard InChI is InChI=1S/C16H18N2O2/c1-18(15-10-6-3-7-11-15)12-13-20-16(19)17-14-8-4-2-5-9-14/h2-11H,12-13H2,1H3,(H,17,19). The Labute approximate surface area is 119 Å². The quantitative estimate of drug-likeness (QED) is 0.905. The third kappa shape index (κ3) is 4.31. The van der Waals surface area contributed by atoms with Crippen molar-refractivity contribution >= 4 is 17.5 Å². The second kappa shape index (κ2) is 7.19. The number of amides is 1. The van der Waals surface area contributed by atoms with E-state index in [1.807, 2.05) is 72.6 Å². The number of carbonyl (C=O) groups excluding carboxylic acids is 1. The summed E-state index contributed by atoms with van der Waals surface area (Å²) in [5, 5.41) is 2.68. The second-order valence-corrected chi connectivity index (χ2v) is 4.38. The van der Waals surface area contributed by atoms with Gasteiger partial charge in [0.05, 0.1) is 6.54 Å². The first kappa shape index (κ1) is 13.9. The van der Waals surface area contributed by atoms with Crippen LogP contribution in [-0.4, -0.2) is 26.3 Å². The highest BCUT2D eigenvalue weighted by atomic mass is 16.5. The molecule has 0 aliphatic carbocycles. The molecule has 1 amide bonds. The van der Waals surface area contributed by atoms with Gasteiger partial charge in [0.2, 0.25) is 0 Å². The summed E-state index contributed by atoms with van der Waals surface area (Å²) in [6.07, 6.45) is -0.433. The molecule has 0 atom stereocenters.